The maximum atomic E-state index is 12.6. The SMILES string of the molecule is COc1cccc2cc(C(=O)NC[C@H](O)c3ccc(C(F)(F)F)cc3)oc12. The summed E-state index contributed by atoms with van der Waals surface area (Å²) in [5.41, 5.74) is -0.123. The van der Waals surface area contributed by atoms with Gasteiger partial charge in [0.05, 0.1) is 18.8 Å². The molecule has 0 saturated carbocycles. The van der Waals surface area contributed by atoms with Gasteiger partial charge in [0.1, 0.15) is 0 Å². The molecule has 2 N–H and O–H groups in total. The van der Waals surface area contributed by atoms with Crippen LogP contribution in [0.2, 0.25) is 0 Å². The summed E-state index contributed by atoms with van der Waals surface area (Å²) in [6.07, 6.45) is -5.60. The molecule has 2 aromatic carbocycles. The Morgan fingerprint density at radius 2 is 1.93 bits per heavy atom. The molecule has 0 spiro atoms. The molecule has 5 nitrogen and oxygen atoms in total. The molecule has 0 fully saturated rings. The smallest absolute Gasteiger partial charge is 0.416 e. The van der Waals surface area contributed by atoms with Crippen LogP contribution in [-0.2, 0) is 6.18 Å². The average Bonchev–Trinajstić information content (AvgIpc) is 3.09. The first-order valence-electron chi connectivity index (χ1n) is 7.99. The predicted octanol–water partition coefficient (Wildman–Crippen LogP) is 3.92. The molecule has 1 atom stereocenters. The molecule has 0 bridgehead atoms. The maximum absolute atomic E-state index is 12.6. The molecule has 3 rings (SSSR count). The zero-order valence-corrected chi connectivity index (χ0v) is 14.2. The number of aliphatic hydroxyl groups is 1. The fourth-order valence-corrected chi connectivity index (χ4v) is 2.60. The Balaban J connectivity index is 1.66. The standard InChI is InChI=1S/C19H16F3NO4/c1-26-15-4-2-3-12-9-16(27-17(12)15)18(25)23-10-14(24)11-5-7-13(8-6-11)19(20,21)22/h2-9,14,24H,10H2,1H3,(H,23,25)/t14-/m0/s1. The van der Waals surface area contributed by atoms with Crippen LogP contribution in [0.25, 0.3) is 11.0 Å². The van der Waals surface area contributed by atoms with E-state index in [1.165, 1.54) is 25.3 Å². The summed E-state index contributed by atoms with van der Waals surface area (Å²) < 4.78 is 48.4. The lowest BCUT2D eigenvalue weighted by atomic mass is 10.1. The van der Waals surface area contributed by atoms with Crippen molar-refractivity contribution >= 4 is 16.9 Å². The fourth-order valence-electron chi connectivity index (χ4n) is 2.60. The number of rotatable bonds is 5. The Kier molecular flexibility index (Phi) is 5.09. The molecule has 0 unspecified atom stereocenters. The first-order valence-corrected chi connectivity index (χ1v) is 7.99. The van der Waals surface area contributed by atoms with Crippen LogP contribution in [0.4, 0.5) is 13.2 Å². The second kappa shape index (κ2) is 7.32. The van der Waals surface area contributed by atoms with E-state index in [1.54, 1.807) is 18.2 Å². The Labute approximate surface area is 152 Å². The number of methoxy groups -OCH3 is 1. The first-order chi connectivity index (χ1) is 12.8. The largest absolute Gasteiger partial charge is 0.493 e. The third kappa shape index (κ3) is 4.06. The molecule has 1 aromatic heterocycles. The molecule has 0 radical (unpaired) electrons. The van der Waals surface area contributed by atoms with Gasteiger partial charge in [0.25, 0.3) is 5.91 Å². The number of amides is 1. The number of aliphatic hydroxyl groups excluding tert-OH is 1. The lowest BCUT2D eigenvalue weighted by Gasteiger charge is -2.13. The van der Waals surface area contributed by atoms with Gasteiger partial charge in [-0.15, -0.1) is 0 Å². The summed E-state index contributed by atoms with van der Waals surface area (Å²) in [6, 6.07) is 10.9. The van der Waals surface area contributed by atoms with Gasteiger partial charge in [-0.1, -0.05) is 24.3 Å². The number of hydrogen-bond acceptors (Lipinski definition) is 4. The number of benzene rings is 2. The number of hydrogen-bond donors (Lipinski definition) is 2. The van der Waals surface area contributed by atoms with Gasteiger partial charge in [0, 0.05) is 11.9 Å². The number of carbonyl (C=O) groups is 1. The van der Waals surface area contributed by atoms with E-state index in [4.69, 9.17) is 9.15 Å². The molecular weight excluding hydrogens is 363 g/mol. The van der Waals surface area contributed by atoms with Gasteiger partial charge in [0.15, 0.2) is 17.1 Å². The van der Waals surface area contributed by atoms with E-state index in [0.29, 0.717) is 16.7 Å². The highest BCUT2D eigenvalue weighted by atomic mass is 19.4. The molecule has 3 aromatic rings. The van der Waals surface area contributed by atoms with Crippen LogP contribution >= 0.6 is 0 Å². The predicted molar refractivity (Wildman–Crippen MR) is 91.5 cm³/mol. The van der Waals surface area contributed by atoms with Gasteiger partial charge in [-0.2, -0.15) is 13.2 Å². The van der Waals surface area contributed by atoms with Gasteiger partial charge in [-0.3, -0.25) is 4.79 Å². The summed E-state index contributed by atoms with van der Waals surface area (Å²) >= 11 is 0. The van der Waals surface area contributed by atoms with Crippen LogP contribution in [0, 0.1) is 0 Å². The van der Waals surface area contributed by atoms with E-state index in [0.717, 1.165) is 12.1 Å². The molecule has 0 aliphatic heterocycles. The summed E-state index contributed by atoms with van der Waals surface area (Å²) in [7, 11) is 1.48. The van der Waals surface area contributed by atoms with Crippen molar-refractivity contribution in [3.8, 4) is 5.75 Å². The van der Waals surface area contributed by atoms with E-state index >= 15 is 0 Å². The minimum absolute atomic E-state index is 0.0362. The second-order valence-corrected chi connectivity index (χ2v) is 5.83. The number of nitrogens with one attached hydrogen (secondary N) is 1. The molecular formula is C19H16F3NO4. The van der Waals surface area contributed by atoms with Crippen molar-refractivity contribution in [2.24, 2.45) is 0 Å². The molecule has 142 valence electrons. The van der Waals surface area contributed by atoms with Gasteiger partial charge in [0.2, 0.25) is 0 Å². The molecule has 1 amide bonds. The van der Waals surface area contributed by atoms with Crippen molar-refractivity contribution in [3.05, 3.63) is 65.4 Å². The minimum atomic E-state index is -4.44. The summed E-state index contributed by atoms with van der Waals surface area (Å²) in [6.45, 7) is -0.182. The highest BCUT2D eigenvalue weighted by molar-refractivity contribution is 5.97. The molecule has 0 aliphatic carbocycles. The number of ether oxygens (including phenoxy) is 1. The van der Waals surface area contributed by atoms with Crippen molar-refractivity contribution in [3.63, 3.8) is 0 Å². The first kappa shape index (κ1) is 18.8. The molecule has 8 heteroatoms. The normalized spacial score (nSPS) is 12.8. The Morgan fingerprint density at radius 3 is 2.56 bits per heavy atom. The Bertz CT molecular complexity index is 948. The van der Waals surface area contributed by atoms with Crippen LogP contribution < -0.4 is 10.1 Å². The third-order valence-electron chi connectivity index (χ3n) is 4.03. The van der Waals surface area contributed by atoms with Crippen molar-refractivity contribution in [1.29, 1.82) is 0 Å². The summed E-state index contributed by atoms with van der Waals surface area (Å²) in [5, 5.41) is 13.3. The lowest BCUT2D eigenvalue weighted by Crippen LogP contribution is -2.28. The number of alkyl halides is 3. The van der Waals surface area contributed by atoms with Gasteiger partial charge in [-0.25, -0.2) is 0 Å². The van der Waals surface area contributed by atoms with E-state index in [1.807, 2.05) is 0 Å². The number of para-hydroxylation sites is 1. The van der Waals surface area contributed by atoms with E-state index in [-0.39, 0.29) is 17.9 Å². The highest BCUT2D eigenvalue weighted by Crippen LogP contribution is 2.30. The number of fused-ring (bicyclic) bond motifs is 1. The molecule has 0 saturated heterocycles. The van der Waals surface area contributed by atoms with Gasteiger partial charge in [-0.05, 0) is 29.8 Å². The van der Waals surface area contributed by atoms with Crippen LogP contribution in [0.3, 0.4) is 0 Å². The van der Waals surface area contributed by atoms with Crippen molar-refractivity contribution in [2.75, 3.05) is 13.7 Å². The van der Waals surface area contributed by atoms with Gasteiger partial charge >= 0.3 is 6.18 Å². The summed E-state index contributed by atoms with van der Waals surface area (Å²) in [4.78, 5) is 12.2. The molecule has 0 aliphatic rings. The van der Waals surface area contributed by atoms with E-state index in [9.17, 15) is 23.1 Å². The zero-order valence-electron chi connectivity index (χ0n) is 14.2. The summed E-state index contributed by atoms with van der Waals surface area (Å²) in [5.74, 6) is -0.0373. The number of halogens is 3. The maximum Gasteiger partial charge on any atom is 0.416 e. The third-order valence-corrected chi connectivity index (χ3v) is 4.03. The van der Waals surface area contributed by atoms with Gasteiger partial charge < -0.3 is 19.6 Å². The average molecular weight is 379 g/mol. The van der Waals surface area contributed by atoms with Crippen LogP contribution in [0.1, 0.15) is 27.8 Å². The van der Waals surface area contributed by atoms with Crippen molar-refractivity contribution in [2.45, 2.75) is 12.3 Å². The highest BCUT2D eigenvalue weighted by Gasteiger charge is 2.30. The zero-order chi connectivity index (χ0) is 19.6. The Hall–Kier alpha value is -3.00. The van der Waals surface area contributed by atoms with E-state index < -0.39 is 23.8 Å². The van der Waals surface area contributed by atoms with E-state index in [2.05, 4.69) is 5.32 Å². The monoisotopic (exact) mass is 379 g/mol. The van der Waals surface area contributed by atoms with Crippen molar-refractivity contribution < 1.29 is 32.2 Å². The fraction of sp³-hybridized carbons (Fsp3) is 0.211. The number of carbonyl (C=O) groups excluding carboxylic acids is 1. The lowest BCUT2D eigenvalue weighted by molar-refractivity contribution is -0.137. The second-order valence-electron chi connectivity index (χ2n) is 5.83. The number of furan rings is 1. The van der Waals surface area contributed by atoms with Crippen LogP contribution in [0.5, 0.6) is 5.75 Å². The molecule has 27 heavy (non-hydrogen) atoms. The topological polar surface area (TPSA) is 71.7 Å². The minimum Gasteiger partial charge on any atom is -0.493 e. The Morgan fingerprint density at radius 1 is 1.22 bits per heavy atom. The van der Waals surface area contributed by atoms with Crippen LogP contribution in [-0.4, -0.2) is 24.7 Å². The quantitative estimate of drug-likeness (QED) is 0.705. The van der Waals surface area contributed by atoms with Crippen LogP contribution in [0.15, 0.2) is 52.9 Å². The molecule has 1 heterocycles. The van der Waals surface area contributed by atoms with Crippen molar-refractivity contribution in [1.82, 2.24) is 5.32 Å².